The second-order valence-electron chi connectivity index (χ2n) is 3.80. The average Bonchev–Trinajstić information content (AvgIpc) is 2.82. The number of aryl methyl sites for hydroxylation is 1. The molecule has 2 aromatic heterocycles. The number of nitrogens with zero attached hydrogens (tertiary/aromatic N) is 3. The number of rotatable bonds is 6. The molecule has 1 N–H and O–H groups in total. The summed E-state index contributed by atoms with van der Waals surface area (Å²) < 4.78 is 14.8. The standard InChI is InChI=1S/C12H15FN4/c13-12-9-11(3-5-16-12)15-4-1-2-7-17-8-6-14-10-17/h3,5-6,8-10H,1-2,4,7H2,(H,15,16). The van der Waals surface area contributed by atoms with E-state index in [2.05, 4.69) is 15.3 Å². The molecule has 0 amide bonds. The van der Waals surface area contributed by atoms with Gasteiger partial charge in [-0.3, -0.25) is 0 Å². The van der Waals surface area contributed by atoms with Crippen LogP contribution in [0.25, 0.3) is 0 Å². The van der Waals surface area contributed by atoms with E-state index in [1.807, 2.05) is 17.1 Å². The van der Waals surface area contributed by atoms with Crippen LogP contribution in [-0.2, 0) is 6.54 Å². The third-order valence-electron chi connectivity index (χ3n) is 2.46. The highest BCUT2D eigenvalue weighted by Crippen LogP contribution is 2.06. The van der Waals surface area contributed by atoms with Crippen molar-refractivity contribution in [2.75, 3.05) is 11.9 Å². The van der Waals surface area contributed by atoms with Gasteiger partial charge in [0.15, 0.2) is 0 Å². The highest BCUT2D eigenvalue weighted by molar-refractivity contribution is 5.40. The Bertz CT molecular complexity index is 442. The molecule has 0 unspecified atom stereocenters. The number of imidazole rings is 1. The maximum Gasteiger partial charge on any atom is 0.214 e. The molecule has 2 aromatic rings. The van der Waals surface area contributed by atoms with Crippen molar-refractivity contribution in [2.24, 2.45) is 0 Å². The molecule has 90 valence electrons. The maximum absolute atomic E-state index is 12.8. The predicted octanol–water partition coefficient (Wildman–Crippen LogP) is 2.31. The van der Waals surface area contributed by atoms with Crippen LogP contribution in [0.5, 0.6) is 0 Å². The lowest BCUT2D eigenvalue weighted by Crippen LogP contribution is -2.04. The van der Waals surface area contributed by atoms with Gasteiger partial charge in [-0.2, -0.15) is 4.39 Å². The molecule has 0 aliphatic heterocycles. The zero-order chi connectivity index (χ0) is 11.9. The van der Waals surface area contributed by atoms with E-state index in [4.69, 9.17) is 0 Å². The van der Waals surface area contributed by atoms with Crippen molar-refractivity contribution in [3.63, 3.8) is 0 Å². The molecule has 17 heavy (non-hydrogen) atoms. The van der Waals surface area contributed by atoms with E-state index in [-0.39, 0.29) is 0 Å². The molecule has 4 nitrogen and oxygen atoms in total. The van der Waals surface area contributed by atoms with Crippen LogP contribution in [0.4, 0.5) is 10.1 Å². The van der Waals surface area contributed by atoms with E-state index < -0.39 is 5.95 Å². The number of anilines is 1. The summed E-state index contributed by atoms with van der Waals surface area (Å²) >= 11 is 0. The van der Waals surface area contributed by atoms with Crippen LogP contribution in [0.3, 0.4) is 0 Å². The van der Waals surface area contributed by atoms with Gasteiger partial charge >= 0.3 is 0 Å². The monoisotopic (exact) mass is 234 g/mol. The zero-order valence-corrected chi connectivity index (χ0v) is 9.51. The van der Waals surface area contributed by atoms with Gasteiger partial charge in [-0.15, -0.1) is 0 Å². The van der Waals surface area contributed by atoms with Crippen LogP contribution in [0.15, 0.2) is 37.1 Å². The molecule has 0 bridgehead atoms. The summed E-state index contributed by atoms with van der Waals surface area (Å²) in [5.74, 6) is -0.451. The van der Waals surface area contributed by atoms with Gasteiger partial charge < -0.3 is 9.88 Å². The summed E-state index contributed by atoms with van der Waals surface area (Å²) in [6.07, 6.45) is 9.09. The van der Waals surface area contributed by atoms with Gasteiger partial charge in [0.25, 0.3) is 0 Å². The quantitative estimate of drug-likeness (QED) is 0.616. The molecular weight excluding hydrogens is 219 g/mol. The van der Waals surface area contributed by atoms with Crippen LogP contribution in [-0.4, -0.2) is 21.1 Å². The highest BCUT2D eigenvalue weighted by atomic mass is 19.1. The lowest BCUT2D eigenvalue weighted by Gasteiger charge is -2.06. The van der Waals surface area contributed by atoms with Crippen LogP contribution in [0.1, 0.15) is 12.8 Å². The Balaban J connectivity index is 1.63. The van der Waals surface area contributed by atoms with Gasteiger partial charge in [-0.05, 0) is 18.9 Å². The van der Waals surface area contributed by atoms with Crippen LogP contribution in [0, 0.1) is 5.95 Å². The van der Waals surface area contributed by atoms with Crippen molar-refractivity contribution in [3.8, 4) is 0 Å². The largest absolute Gasteiger partial charge is 0.385 e. The Morgan fingerprint density at radius 2 is 2.24 bits per heavy atom. The van der Waals surface area contributed by atoms with Gasteiger partial charge in [-0.25, -0.2) is 9.97 Å². The van der Waals surface area contributed by atoms with Crippen LogP contribution >= 0.6 is 0 Å². The maximum atomic E-state index is 12.8. The first-order chi connectivity index (χ1) is 8.34. The number of halogens is 1. The number of hydrogen-bond acceptors (Lipinski definition) is 3. The first-order valence-corrected chi connectivity index (χ1v) is 5.66. The van der Waals surface area contributed by atoms with E-state index in [0.29, 0.717) is 0 Å². The van der Waals surface area contributed by atoms with Crippen LogP contribution < -0.4 is 5.32 Å². The van der Waals surface area contributed by atoms with E-state index in [9.17, 15) is 4.39 Å². The van der Waals surface area contributed by atoms with Crippen molar-refractivity contribution >= 4 is 5.69 Å². The minimum absolute atomic E-state index is 0.451. The Labute approximate surface area is 99.5 Å². The molecule has 5 heteroatoms. The van der Waals surface area contributed by atoms with E-state index in [1.54, 1.807) is 12.3 Å². The summed E-state index contributed by atoms with van der Waals surface area (Å²) in [6, 6.07) is 3.16. The fourth-order valence-corrected chi connectivity index (χ4v) is 1.58. The lowest BCUT2D eigenvalue weighted by atomic mass is 10.3. The van der Waals surface area contributed by atoms with Gasteiger partial charge in [-0.1, -0.05) is 0 Å². The zero-order valence-electron chi connectivity index (χ0n) is 9.51. The summed E-state index contributed by atoms with van der Waals surface area (Å²) in [7, 11) is 0. The summed E-state index contributed by atoms with van der Waals surface area (Å²) in [5.41, 5.74) is 0.778. The summed E-state index contributed by atoms with van der Waals surface area (Å²) in [4.78, 5) is 7.48. The Hall–Kier alpha value is -1.91. The third-order valence-corrected chi connectivity index (χ3v) is 2.46. The number of aromatic nitrogens is 3. The SMILES string of the molecule is Fc1cc(NCCCCn2ccnc2)ccn1. The second-order valence-corrected chi connectivity index (χ2v) is 3.80. The number of pyridine rings is 1. The molecule has 2 rings (SSSR count). The lowest BCUT2D eigenvalue weighted by molar-refractivity contribution is 0.584. The van der Waals surface area contributed by atoms with E-state index >= 15 is 0 Å². The fraction of sp³-hybridized carbons (Fsp3) is 0.333. The van der Waals surface area contributed by atoms with Crippen molar-refractivity contribution < 1.29 is 4.39 Å². The van der Waals surface area contributed by atoms with Crippen molar-refractivity contribution in [2.45, 2.75) is 19.4 Å². The molecule has 0 aliphatic rings. The van der Waals surface area contributed by atoms with Crippen molar-refractivity contribution in [3.05, 3.63) is 43.0 Å². The minimum Gasteiger partial charge on any atom is -0.385 e. The molecule has 0 atom stereocenters. The fourth-order valence-electron chi connectivity index (χ4n) is 1.58. The number of hydrogen-bond donors (Lipinski definition) is 1. The normalized spacial score (nSPS) is 10.4. The summed E-state index contributed by atoms with van der Waals surface area (Å²) in [5, 5.41) is 3.16. The average molecular weight is 234 g/mol. The van der Waals surface area contributed by atoms with Gasteiger partial charge in [0.05, 0.1) is 6.33 Å². The molecule has 0 aliphatic carbocycles. The smallest absolute Gasteiger partial charge is 0.214 e. The molecule has 0 saturated carbocycles. The summed E-state index contributed by atoms with van der Waals surface area (Å²) in [6.45, 7) is 1.80. The van der Waals surface area contributed by atoms with Gasteiger partial charge in [0.2, 0.25) is 5.95 Å². The highest BCUT2D eigenvalue weighted by Gasteiger charge is 1.95. The predicted molar refractivity (Wildman–Crippen MR) is 64.1 cm³/mol. The topological polar surface area (TPSA) is 42.7 Å². The van der Waals surface area contributed by atoms with Gasteiger partial charge in [0.1, 0.15) is 0 Å². The molecular formula is C12H15FN4. The molecule has 0 aromatic carbocycles. The minimum atomic E-state index is -0.451. The Morgan fingerprint density at radius 1 is 1.29 bits per heavy atom. The molecule has 0 saturated heterocycles. The van der Waals surface area contributed by atoms with Crippen LogP contribution in [0.2, 0.25) is 0 Å². The molecule has 0 radical (unpaired) electrons. The number of unbranched alkanes of at least 4 members (excludes halogenated alkanes) is 1. The molecule has 2 heterocycles. The Morgan fingerprint density at radius 3 is 3.00 bits per heavy atom. The van der Waals surface area contributed by atoms with Crippen molar-refractivity contribution in [1.29, 1.82) is 0 Å². The second kappa shape index (κ2) is 5.98. The number of nitrogens with one attached hydrogen (secondary N) is 1. The van der Waals surface area contributed by atoms with Crippen molar-refractivity contribution in [1.82, 2.24) is 14.5 Å². The van der Waals surface area contributed by atoms with Gasteiger partial charge in [0, 0.05) is 43.4 Å². The third kappa shape index (κ3) is 3.86. The molecule has 0 fully saturated rings. The Kier molecular flexibility index (Phi) is 4.07. The molecule has 0 spiro atoms. The first-order valence-electron chi connectivity index (χ1n) is 5.66. The first kappa shape index (κ1) is 11.6. The van der Waals surface area contributed by atoms with E-state index in [1.165, 1.54) is 12.3 Å². The van der Waals surface area contributed by atoms with E-state index in [0.717, 1.165) is 31.6 Å².